The van der Waals surface area contributed by atoms with Crippen LogP contribution in [0.3, 0.4) is 0 Å². The molecule has 1 aromatic heterocycles. The van der Waals surface area contributed by atoms with Gasteiger partial charge >= 0.3 is 35.5 Å². The number of phosphoric ester groups is 1. The molecular weight excluding hydrogens is 1550 g/mol. The third-order valence-corrected chi connectivity index (χ3v) is 25.7. The number of unbranched alkanes of at least 4 members (excludes halogenated alkanes) is 3. The topological polar surface area (TPSA) is 415 Å². The Hall–Kier alpha value is -5.09. The van der Waals surface area contributed by atoms with Crippen molar-refractivity contribution >= 4 is 123 Å². The van der Waals surface area contributed by atoms with Crippen molar-refractivity contribution in [3.63, 3.8) is 0 Å². The first kappa shape index (κ1) is 89.1. The lowest BCUT2D eigenvalue weighted by molar-refractivity contribution is -0.438. The molecule has 7 rings (SSSR count). The SMILES string of the molecule is CCN1\C(=C/C=C/C=C/C2=[N+](CCCCCC(=O)NCCOCCOCCNC(=O)OCCC(C)(C)SSCOCCCCOC(=O)CCC#CC3=CC([C@H]4CC(OCS(C)=S)[C@@H](COP(=O)(O)OP(=O)(O)OP(=O)(O)O)O4)c4nc(N)[nH]c(=O)c43)c3ccc(S(=O)O)cc3C2(C)C)C(C)(C)c2ccccc21. The number of nitrogen functional groups attached to an aromatic ring is 1. The molecule has 1 fully saturated rings. The lowest BCUT2D eigenvalue weighted by Crippen LogP contribution is -2.30. The van der Waals surface area contributed by atoms with Crippen LogP contribution in [0.15, 0.2) is 94.3 Å². The van der Waals surface area contributed by atoms with E-state index in [4.69, 9.17) is 64.4 Å². The minimum atomic E-state index is -5.79. The number of amides is 2. The van der Waals surface area contributed by atoms with Crippen LogP contribution in [0, 0.1) is 11.8 Å². The average molecular weight is 1650 g/mol. The van der Waals surface area contributed by atoms with Gasteiger partial charge in [0.2, 0.25) is 17.5 Å². The van der Waals surface area contributed by atoms with Crippen molar-refractivity contribution < 1.29 is 107 Å². The van der Waals surface area contributed by atoms with E-state index in [1.54, 1.807) is 29.2 Å². The molecule has 0 radical (unpaired) electrons. The highest BCUT2D eigenvalue weighted by Gasteiger charge is 2.48. The zero-order valence-electron chi connectivity index (χ0n) is 61.2. The zero-order valence-corrected chi connectivity index (χ0v) is 67.9. The summed E-state index contributed by atoms with van der Waals surface area (Å²) in [5.74, 6) is 4.82. The van der Waals surface area contributed by atoms with Crippen LogP contribution < -0.4 is 26.8 Å². The Morgan fingerprint density at radius 1 is 0.888 bits per heavy atom. The molecule has 4 heterocycles. The molecule has 0 saturated carbocycles. The van der Waals surface area contributed by atoms with Crippen LogP contribution in [0.25, 0.3) is 5.57 Å². The maximum Gasteiger partial charge on any atom is 0.490 e. The smallest absolute Gasteiger partial charge is 0.466 e. The first-order valence-electron chi connectivity index (χ1n) is 34.8. The monoisotopic (exact) mass is 1650 g/mol. The summed E-state index contributed by atoms with van der Waals surface area (Å²) >= 11 is 3.14. The number of carbonyl (C=O) groups is 3. The van der Waals surface area contributed by atoms with Gasteiger partial charge in [0.05, 0.1) is 92.4 Å². The Kier molecular flexibility index (Phi) is 35.0. The number of benzene rings is 2. The van der Waals surface area contributed by atoms with E-state index < -0.39 is 97.9 Å². The quantitative estimate of drug-likeness (QED) is 0.00292. The molecule has 3 aliphatic heterocycles. The molecule has 107 heavy (non-hydrogen) atoms. The van der Waals surface area contributed by atoms with Gasteiger partial charge in [0.15, 0.2) is 16.8 Å². The van der Waals surface area contributed by atoms with Gasteiger partial charge in [0, 0.05) is 103 Å². The number of allylic oxidation sites excluding steroid dienone is 7. The molecule has 1 saturated heterocycles. The number of alkyl carbamates (subject to hydrolysis) is 1. The number of H-pyrrole nitrogens is 1. The molecule has 8 atom stereocenters. The Labute approximate surface area is 641 Å². The van der Waals surface area contributed by atoms with Gasteiger partial charge in [-0.3, -0.25) is 23.9 Å². The third kappa shape index (κ3) is 28.0. The van der Waals surface area contributed by atoms with Gasteiger partial charge in [0.1, 0.15) is 18.6 Å². The fourth-order valence-electron chi connectivity index (χ4n) is 12.3. The molecule has 0 bridgehead atoms. The van der Waals surface area contributed by atoms with Crippen molar-refractivity contribution in [1.29, 1.82) is 0 Å². The van der Waals surface area contributed by atoms with Crippen LogP contribution in [-0.4, -0.2) is 187 Å². The van der Waals surface area contributed by atoms with Crippen molar-refractivity contribution in [2.24, 2.45) is 0 Å². The average Bonchev–Trinajstić information content (AvgIpc) is 1.61. The fraction of sp³-hybridized carbons (Fsp3) is 0.565. The third-order valence-electron chi connectivity index (χ3n) is 17.4. The number of phosphoric acid groups is 3. The number of likely N-dealkylation sites (N-methyl/N-ethyl adjacent to an activating group) is 1. The van der Waals surface area contributed by atoms with Crippen LogP contribution in [-0.2, 0) is 112 Å². The van der Waals surface area contributed by atoms with Gasteiger partial charge < -0.3 is 78.6 Å². The van der Waals surface area contributed by atoms with Crippen LogP contribution in [0.4, 0.5) is 22.1 Å². The number of aromatic nitrogens is 2. The number of rotatable bonds is 45. The molecular formula is C69H99N7O23P3S5+. The number of nitrogens with one attached hydrogen (secondary N) is 3. The van der Waals surface area contributed by atoms with E-state index in [0.29, 0.717) is 69.5 Å². The van der Waals surface area contributed by atoms with Gasteiger partial charge in [-0.15, -0.1) is 0 Å². The van der Waals surface area contributed by atoms with E-state index >= 15 is 0 Å². The second kappa shape index (κ2) is 42.0. The lowest BCUT2D eigenvalue weighted by Gasteiger charge is -2.25. The normalized spacial score (nSPS) is 20.1. The highest BCUT2D eigenvalue weighted by atomic mass is 33.1. The molecule has 592 valence electrons. The first-order chi connectivity index (χ1) is 50.6. The number of hydrogen-bond donors (Lipinski definition) is 9. The number of carbonyl (C=O) groups excluding carboxylic acids is 3. The molecule has 38 heteroatoms. The summed E-state index contributed by atoms with van der Waals surface area (Å²) in [4.78, 5) is 97.7. The predicted molar refractivity (Wildman–Crippen MR) is 415 cm³/mol. The molecule has 0 spiro atoms. The van der Waals surface area contributed by atoms with Crippen molar-refractivity contribution in [2.75, 3.05) is 108 Å². The molecule has 4 aliphatic rings. The van der Waals surface area contributed by atoms with Gasteiger partial charge in [0.25, 0.3) is 5.56 Å². The van der Waals surface area contributed by atoms with E-state index in [1.807, 2.05) is 26.0 Å². The summed E-state index contributed by atoms with van der Waals surface area (Å²) in [6.07, 6.45) is 15.2. The summed E-state index contributed by atoms with van der Waals surface area (Å²) in [6, 6.07) is 14.0. The molecule has 1 aliphatic carbocycles. The summed E-state index contributed by atoms with van der Waals surface area (Å²) in [7, 11) is -14.4. The van der Waals surface area contributed by atoms with Crippen LogP contribution in [0.2, 0.25) is 0 Å². The molecule has 3 aromatic rings. The van der Waals surface area contributed by atoms with Gasteiger partial charge in [-0.1, -0.05) is 99.2 Å². The van der Waals surface area contributed by atoms with Crippen molar-refractivity contribution in [2.45, 2.75) is 157 Å². The molecule has 2 aromatic carbocycles. The fourth-order valence-corrected chi connectivity index (χ4v) is 18.6. The number of esters is 1. The maximum absolute atomic E-state index is 13.2. The minimum Gasteiger partial charge on any atom is -0.466 e. The summed E-state index contributed by atoms with van der Waals surface area (Å²) in [5.41, 5.74) is 12.3. The number of ether oxygens (including phenoxy) is 7. The Morgan fingerprint density at radius 2 is 1.62 bits per heavy atom. The van der Waals surface area contributed by atoms with E-state index in [9.17, 15) is 51.4 Å². The number of aromatic amines is 1. The first-order valence-corrected chi connectivity index (χ1v) is 45.4. The second-order valence-corrected chi connectivity index (χ2v) is 38.2. The number of anilines is 2. The maximum atomic E-state index is 13.2. The Balaban J connectivity index is 0.685. The largest absolute Gasteiger partial charge is 0.490 e. The highest BCUT2D eigenvalue weighted by molar-refractivity contribution is 8.77. The van der Waals surface area contributed by atoms with E-state index in [2.05, 4.69) is 140 Å². The number of fused-ring (bicyclic) bond motifs is 3. The van der Waals surface area contributed by atoms with Crippen molar-refractivity contribution in [3.8, 4) is 11.8 Å². The summed E-state index contributed by atoms with van der Waals surface area (Å²) in [6.45, 7) is 18.5. The highest BCUT2D eigenvalue weighted by Crippen LogP contribution is 2.66. The van der Waals surface area contributed by atoms with Crippen LogP contribution >= 0.6 is 45.1 Å². The van der Waals surface area contributed by atoms with Crippen molar-refractivity contribution in [1.82, 2.24) is 20.6 Å². The molecule has 6 unspecified atom stereocenters. The Bertz CT molecular complexity index is 4080. The van der Waals surface area contributed by atoms with E-state index in [-0.39, 0.29) is 90.4 Å². The van der Waals surface area contributed by atoms with Gasteiger partial charge in [-0.05, 0) is 114 Å². The molecule has 2 amide bonds. The van der Waals surface area contributed by atoms with Crippen LogP contribution in [0.5, 0.6) is 0 Å². The number of hydrogen-bond acceptors (Lipinski definition) is 24. The zero-order chi connectivity index (χ0) is 78.2. The summed E-state index contributed by atoms with van der Waals surface area (Å²) < 4.78 is 112. The van der Waals surface area contributed by atoms with Gasteiger partial charge in [-0.2, -0.15) is 13.2 Å². The number of nitrogens with two attached hydrogens (primary N) is 1. The standard InChI is InChI=1S/C69H98N7O23P3S5/c1-9-75-53-24-17-16-23-51(53)68(4,5)58(75)25-12-10-13-26-59-69(6,7)52-43-49(107(88)89)29-30-54(52)76(59)34-19-11-14-27-60(77)71-32-38-90-40-41-91-39-33-72-66(80)94-37-31-67(2,3)105-104-46-92-35-20-21-36-93-61(78)28-18-15-22-48-42-50(63-62(48)64(79)74-65(70)73-63)55-44-56(95-47-106(8)103)57(97-55)45-96-101(84,85)99-102(86,87)98-100(81,82)83/h10,12-13,16-17,23-26,29-30,42-43,50,55-57H,9,11,14,18-21,27-28,31-41,44-47H2,1-8H3,(H9-,70,71,72,73,74,77,79,80,81,82,83,84,85,86,87,88,89)/p+1/t50?,55-,56?,57-,106?/m1/s1. The predicted octanol–water partition coefficient (Wildman–Crippen LogP) is 9.92. The molecule has 10 N–H and O–H groups in total. The number of nitrogens with zero attached hydrogens (tertiary/aromatic N) is 3. The van der Waals surface area contributed by atoms with E-state index in [0.717, 1.165) is 49.3 Å². The minimum absolute atomic E-state index is 0.0380. The van der Waals surface area contributed by atoms with Gasteiger partial charge in [-0.25, -0.2) is 27.7 Å². The van der Waals surface area contributed by atoms with Crippen molar-refractivity contribution in [3.05, 3.63) is 117 Å². The number of para-hydroxylation sites is 1. The lowest BCUT2D eigenvalue weighted by atomic mass is 9.81. The summed E-state index contributed by atoms with van der Waals surface area (Å²) in [5, 5.41) is 5.61. The second-order valence-electron chi connectivity index (χ2n) is 26.7. The molecule has 30 nitrogen and oxygen atoms in total. The van der Waals surface area contributed by atoms with E-state index in [1.165, 1.54) is 27.7 Å². The Morgan fingerprint density at radius 3 is 2.34 bits per heavy atom. The van der Waals surface area contributed by atoms with Crippen LogP contribution in [0.1, 0.15) is 141 Å².